The summed E-state index contributed by atoms with van der Waals surface area (Å²) < 4.78 is 28.7. The number of anilines is 1. The predicted octanol–water partition coefficient (Wildman–Crippen LogP) is 1.89. The number of rotatable bonds is 2. The Morgan fingerprint density at radius 3 is 2.93 bits per heavy atom. The molecule has 0 aliphatic carbocycles. The number of aliphatic hydroxyl groups is 1. The Kier molecular flexibility index (Phi) is 5.47. The number of hydroxylamine groups is 2. The number of carbonyl (C=O) groups is 2. The second-order valence-corrected chi connectivity index (χ2v) is 7.79. The molecule has 3 heterocycles. The molecule has 2 aliphatic heterocycles. The molecule has 30 heavy (non-hydrogen) atoms. The molecule has 12 heteroatoms. The lowest BCUT2D eigenvalue weighted by molar-refractivity contribution is -0.159. The highest BCUT2D eigenvalue weighted by molar-refractivity contribution is 9.10. The minimum Gasteiger partial charge on any atom is -0.393 e. The maximum atomic E-state index is 14.2. The number of nitrogens with one attached hydrogen (secondary N) is 1. The topological polar surface area (TPSA) is 99.9 Å². The minimum atomic E-state index is -0.913. The highest BCUT2D eigenvalue weighted by Crippen LogP contribution is 2.28. The zero-order chi connectivity index (χ0) is 21.6. The maximum absolute atomic E-state index is 14.2. The number of aliphatic hydroxyl groups excluding tert-OH is 1. The molecule has 0 saturated heterocycles. The van der Waals surface area contributed by atoms with Crippen LogP contribution in [0.2, 0.25) is 0 Å². The van der Waals surface area contributed by atoms with Gasteiger partial charge in [0.2, 0.25) is 0 Å². The number of fused-ring (bicyclic) bond motifs is 3. The van der Waals surface area contributed by atoms with E-state index >= 15 is 0 Å². The van der Waals surface area contributed by atoms with Crippen molar-refractivity contribution in [3.8, 4) is 0 Å². The first kappa shape index (κ1) is 20.7. The number of hydrogen-bond donors (Lipinski definition) is 2. The Bertz CT molecular complexity index is 1030. The van der Waals surface area contributed by atoms with Gasteiger partial charge in [0.1, 0.15) is 17.6 Å². The van der Waals surface area contributed by atoms with Crippen molar-refractivity contribution >= 4 is 33.6 Å². The molecule has 0 spiro atoms. The smallest absolute Gasteiger partial charge is 0.322 e. The van der Waals surface area contributed by atoms with Crippen molar-refractivity contribution in [2.75, 3.05) is 25.5 Å². The van der Waals surface area contributed by atoms with Crippen molar-refractivity contribution in [2.45, 2.75) is 25.6 Å². The third-order valence-electron chi connectivity index (χ3n) is 5.04. The van der Waals surface area contributed by atoms with E-state index in [2.05, 4.69) is 26.3 Å². The fourth-order valence-corrected chi connectivity index (χ4v) is 3.87. The number of benzene rings is 1. The molecule has 3 amide bonds. The first-order valence-electron chi connectivity index (χ1n) is 9.13. The summed E-state index contributed by atoms with van der Waals surface area (Å²) >= 11 is 2.81. The lowest BCUT2D eigenvalue weighted by Gasteiger charge is -2.27. The van der Waals surface area contributed by atoms with Crippen molar-refractivity contribution in [2.24, 2.45) is 0 Å². The fraction of sp³-hybridized carbons (Fsp3) is 0.389. The van der Waals surface area contributed by atoms with Gasteiger partial charge in [-0.25, -0.2) is 18.6 Å². The Morgan fingerprint density at radius 2 is 2.20 bits per heavy atom. The zero-order valence-electron chi connectivity index (χ0n) is 15.9. The number of urea groups is 1. The molecule has 2 aliphatic rings. The summed E-state index contributed by atoms with van der Waals surface area (Å²) in [5.41, 5.74) is 1.39. The maximum Gasteiger partial charge on any atom is 0.322 e. The number of nitrogens with zero attached hydrogens (tertiary/aromatic N) is 4. The summed E-state index contributed by atoms with van der Waals surface area (Å²) in [6.07, 6.45) is -0.221. The van der Waals surface area contributed by atoms with E-state index in [0.717, 1.165) is 17.2 Å². The van der Waals surface area contributed by atoms with Crippen LogP contribution in [-0.2, 0) is 24.3 Å². The van der Waals surface area contributed by atoms with Crippen molar-refractivity contribution in [3.63, 3.8) is 0 Å². The van der Waals surface area contributed by atoms with E-state index in [0.29, 0.717) is 24.2 Å². The van der Waals surface area contributed by atoms with Crippen LogP contribution in [0.15, 0.2) is 16.6 Å². The molecule has 2 aromatic rings. The fourth-order valence-electron chi connectivity index (χ4n) is 3.53. The van der Waals surface area contributed by atoms with Crippen LogP contribution in [0.4, 0.5) is 19.3 Å². The van der Waals surface area contributed by atoms with Crippen LogP contribution >= 0.6 is 15.9 Å². The Morgan fingerprint density at radius 1 is 1.43 bits per heavy atom. The van der Waals surface area contributed by atoms with E-state index in [4.69, 9.17) is 4.84 Å². The summed E-state index contributed by atoms with van der Waals surface area (Å²) in [5, 5.41) is 17.4. The van der Waals surface area contributed by atoms with Gasteiger partial charge in [-0.15, -0.1) is 0 Å². The Hall–Kier alpha value is -2.57. The van der Waals surface area contributed by atoms with Crippen LogP contribution < -0.4 is 5.32 Å². The first-order valence-corrected chi connectivity index (χ1v) is 9.93. The van der Waals surface area contributed by atoms with Crippen LogP contribution in [0.1, 0.15) is 21.7 Å². The van der Waals surface area contributed by atoms with Crippen molar-refractivity contribution < 1.29 is 28.3 Å². The van der Waals surface area contributed by atoms with E-state index in [-0.39, 0.29) is 35.6 Å². The van der Waals surface area contributed by atoms with Gasteiger partial charge in [-0.1, -0.05) is 0 Å². The molecule has 0 bridgehead atoms. The summed E-state index contributed by atoms with van der Waals surface area (Å²) in [6.45, 7) is 0.303. The van der Waals surface area contributed by atoms with Gasteiger partial charge in [-0.3, -0.25) is 14.3 Å². The molecule has 9 nitrogen and oxygen atoms in total. The molecule has 1 aromatic heterocycles. The molecule has 4 rings (SSSR count). The average molecular weight is 486 g/mol. The average Bonchev–Trinajstić information content (AvgIpc) is 3.04. The molecule has 1 aromatic carbocycles. The zero-order valence-corrected chi connectivity index (χ0v) is 17.4. The predicted molar refractivity (Wildman–Crippen MR) is 103 cm³/mol. The van der Waals surface area contributed by atoms with Crippen molar-refractivity contribution in [3.05, 3.63) is 45.2 Å². The summed E-state index contributed by atoms with van der Waals surface area (Å²) in [4.78, 5) is 32.3. The first-order chi connectivity index (χ1) is 14.3. The van der Waals surface area contributed by atoms with Crippen LogP contribution in [0.3, 0.4) is 0 Å². The highest BCUT2D eigenvalue weighted by Gasteiger charge is 2.35. The second-order valence-electron chi connectivity index (χ2n) is 6.99. The molecule has 0 radical (unpaired) electrons. The normalized spacial score (nSPS) is 18.7. The van der Waals surface area contributed by atoms with Crippen LogP contribution in [0, 0.1) is 11.6 Å². The minimum absolute atomic E-state index is 0.0872. The molecule has 160 valence electrons. The molecule has 2 N–H and O–H groups in total. The molecule has 1 unspecified atom stereocenters. The number of halogens is 3. The molecular weight excluding hydrogens is 468 g/mol. The van der Waals surface area contributed by atoms with E-state index in [1.165, 1.54) is 16.6 Å². The van der Waals surface area contributed by atoms with Gasteiger partial charge in [0.25, 0.3) is 5.91 Å². The third kappa shape index (κ3) is 3.55. The van der Waals surface area contributed by atoms with Gasteiger partial charge < -0.3 is 15.3 Å². The highest BCUT2D eigenvalue weighted by atomic mass is 79.9. The molecular formula is C18H18BrF2N5O4. The summed E-state index contributed by atoms with van der Waals surface area (Å²) in [6, 6.07) is 1.59. The van der Waals surface area contributed by atoms with Gasteiger partial charge in [-0.2, -0.15) is 5.10 Å². The van der Waals surface area contributed by atoms with Gasteiger partial charge >= 0.3 is 6.03 Å². The van der Waals surface area contributed by atoms with Gasteiger partial charge in [0, 0.05) is 25.6 Å². The quantitative estimate of drug-likeness (QED) is 0.632. The Labute approximate surface area is 178 Å². The second kappa shape index (κ2) is 7.93. The number of amides is 3. The monoisotopic (exact) mass is 485 g/mol. The van der Waals surface area contributed by atoms with E-state index in [1.807, 2.05) is 0 Å². The summed E-state index contributed by atoms with van der Waals surface area (Å²) in [7, 11) is 1.45. The van der Waals surface area contributed by atoms with Crippen molar-refractivity contribution in [1.29, 1.82) is 0 Å². The van der Waals surface area contributed by atoms with Crippen LogP contribution in [0.25, 0.3) is 0 Å². The summed E-state index contributed by atoms with van der Waals surface area (Å²) in [5.74, 6) is -2.12. The van der Waals surface area contributed by atoms with Crippen LogP contribution in [0.5, 0.6) is 0 Å². The largest absolute Gasteiger partial charge is 0.393 e. The van der Waals surface area contributed by atoms with E-state index < -0.39 is 29.7 Å². The molecule has 1 atom stereocenters. The van der Waals surface area contributed by atoms with E-state index in [9.17, 15) is 23.5 Å². The van der Waals surface area contributed by atoms with Gasteiger partial charge in [-0.05, 0) is 28.1 Å². The van der Waals surface area contributed by atoms with E-state index in [1.54, 1.807) is 0 Å². The number of hydrogen-bond acceptors (Lipinski definition) is 5. The molecule has 0 saturated carbocycles. The Balaban J connectivity index is 1.58. The third-order valence-corrected chi connectivity index (χ3v) is 5.77. The number of carbonyl (C=O) groups excluding carboxylic acids is 2. The van der Waals surface area contributed by atoms with Crippen molar-refractivity contribution in [1.82, 2.24) is 19.7 Å². The lowest BCUT2D eigenvalue weighted by atomic mass is 10.1. The molecule has 0 fully saturated rings. The SMILES string of the molecule is CN1OC(CO)Cn2nc3c(c2C1=O)CN(C(=O)Nc1ccc(F)c(Br)c1F)CC3. The van der Waals surface area contributed by atoms with Gasteiger partial charge in [0.05, 0.1) is 35.6 Å². The number of aromatic nitrogens is 2. The standard InChI is InChI=1S/C18H18BrF2N5O4/c1-24-17(28)16-10-7-25(5-4-12(10)23-26(16)6-9(8-27)30-24)18(29)22-13-3-2-11(20)14(19)15(13)21/h2-3,9,27H,4-8H2,1H3,(H,22,29). The van der Waals surface area contributed by atoms with Crippen LogP contribution in [-0.4, -0.2) is 63.1 Å². The lowest BCUT2D eigenvalue weighted by Crippen LogP contribution is -2.40. The van der Waals surface area contributed by atoms with Gasteiger partial charge in [0.15, 0.2) is 5.82 Å².